The summed E-state index contributed by atoms with van der Waals surface area (Å²) in [5, 5.41) is 0. The summed E-state index contributed by atoms with van der Waals surface area (Å²) in [4.78, 5) is 19.4. The second-order valence-electron chi connectivity index (χ2n) is 2.49. The molecule has 4 nitrogen and oxygen atoms in total. The minimum absolute atomic E-state index is 0.0417. The molecule has 0 saturated carbocycles. The van der Waals surface area contributed by atoms with Gasteiger partial charge in [0.1, 0.15) is 0 Å². The quantitative estimate of drug-likeness (QED) is 0.651. The number of rotatable bonds is 6. The molecule has 0 radical (unpaired) electrons. The van der Waals surface area contributed by atoms with Gasteiger partial charge in [0.05, 0.1) is 0 Å². The molecule has 5 heteroatoms. The van der Waals surface area contributed by atoms with Gasteiger partial charge in [0.15, 0.2) is 12.4 Å². The van der Waals surface area contributed by atoms with E-state index in [9.17, 15) is 9.36 Å². The zero-order valence-electron chi connectivity index (χ0n) is 7.32. The number of hydrogen-bond donors (Lipinski definition) is 1. The van der Waals surface area contributed by atoms with Gasteiger partial charge in [-0.1, -0.05) is 13.8 Å². The molecule has 70 valence electrons. The van der Waals surface area contributed by atoms with Crippen molar-refractivity contribution in [3.05, 3.63) is 0 Å². The predicted octanol–water partition coefficient (Wildman–Crippen LogP) is 1.66. The fourth-order valence-electron chi connectivity index (χ4n) is 0.981. The maximum absolute atomic E-state index is 11.1. The van der Waals surface area contributed by atoms with Gasteiger partial charge >= 0.3 is 8.25 Å². The molecule has 1 atom stereocenters. The summed E-state index contributed by atoms with van der Waals surface area (Å²) in [6.07, 6.45) is 1.50. The van der Waals surface area contributed by atoms with E-state index in [2.05, 4.69) is 4.52 Å². The molecule has 0 heterocycles. The lowest BCUT2D eigenvalue weighted by atomic mass is 9.99. The molecule has 0 bridgehead atoms. The SMILES string of the molecule is CCC(CC)C(=O)CO[P+](=O)O. The first-order valence-corrected chi connectivity index (χ1v) is 5.06. The maximum Gasteiger partial charge on any atom is 0.695 e. The highest BCUT2D eigenvalue weighted by Crippen LogP contribution is 2.16. The highest BCUT2D eigenvalue weighted by atomic mass is 31.1. The Balaban J connectivity index is 3.77. The van der Waals surface area contributed by atoms with Gasteiger partial charge in [-0.25, -0.2) is 0 Å². The van der Waals surface area contributed by atoms with Crippen molar-refractivity contribution >= 4 is 14.0 Å². The van der Waals surface area contributed by atoms with Crippen molar-refractivity contribution < 1.29 is 18.8 Å². The van der Waals surface area contributed by atoms with Crippen molar-refractivity contribution in [2.45, 2.75) is 26.7 Å². The molecular formula is C7H14O4P+. The van der Waals surface area contributed by atoms with Gasteiger partial charge in [-0.15, -0.1) is 9.42 Å². The number of Topliss-reactive ketones (excluding diaryl/α,β-unsaturated/α-hetero) is 1. The van der Waals surface area contributed by atoms with Crippen molar-refractivity contribution in [2.75, 3.05) is 6.61 Å². The molecule has 0 fully saturated rings. The van der Waals surface area contributed by atoms with E-state index in [1.165, 1.54) is 0 Å². The molecule has 0 aromatic carbocycles. The van der Waals surface area contributed by atoms with Crippen LogP contribution in [0.4, 0.5) is 0 Å². The number of ketones is 1. The van der Waals surface area contributed by atoms with Crippen LogP contribution < -0.4 is 0 Å². The Bertz CT molecular complexity index is 165. The second kappa shape index (κ2) is 6.23. The minimum atomic E-state index is -2.64. The average molecular weight is 193 g/mol. The van der Waals surface area contributed by atoms with Crippen LogP contribution in [0.25, 0.3) is 0 Å². The Morgan fingerprint density at radius 2 is 2.00 bits per heavy atom. The molecule has 0 aromatic heterocycles. The Morgan fingerprint density at radius 1 is 1.50 bits per heavy atom. The van der Waals surface area contributed by atoms with E-state index in [0.29, 0.717) is 0 Å². The number of hydrogen-bond acceptors (Lipinski definition) is 3. The third-order valence-corrected chi connectivity index (χ3v) is 2.11. The zero-order chi connectivity index (χ0) is 9.56. The van der Waals surface area contributed by atoms with Crippen molar-refractivity contribution in [2.24, 2.45) is 5.92 Å². The van der Waals surface area contributed by atoms with Crippen LogP contribution in [-0.2, 0) is 13.9 Å². The fraction of sp³-hybridized carbons (Fsp3) is 0.857. The van der Waals surface area contributed by atoms with Crippen molar-refractivity contribution in [3.8, 4) is 0 Å². The van der Waals surface area contributed by atoms with Gasteiger partial charge in [0.25, 0.3) is 0 Å². The summed E-state index contributed by atoms with van der Waals surface area (Å²) in [6, 6.07) is 0. The Hall–Kier alpha value is -0.310. The lowest BCUT2D eigenvalue weighted by Crippen LogP contribution is -2.17. The van der Waals surface area contributed by atoms with E-state index in [-0.39, 0.29) is 18.3 Å². The molecule has 12 heavy (non-hydrogen) atoms. The Morgan fingerprint density at radius 3 is 2.33 bits per heavy atom. The summed E-state index contributed by atoms with van der Waals surface area (Å²) in [6.45, 7) is 3.56. The first kappa shape index (κ1) is 11.7. The normalized spacial score (nSPS) is 11.8. The molecule has 0 aliphatic heterocycles. The highest BCUT2D eigenvalue weighted by Gasteiger charge is 2.20. The van der Waals surface area contributed by atoms with E-state index in [1.54, 1.807) is 0 Å². The van der Waals surface area contributed by atoms with Gasteiger partial charge < -0.3 is 0 Å². The lowest BCUT2D eigenvalue weighted by molar-refractivity contribution is -0.125. The molecule has 0 aliphatic carbocycles. The van der Waals surface area contributed by atoms with Gasteiger partial charge in [-0.2, -0.15) is 0 Å². The molecule has 0 aliphatic rings. The Kier molecular flexibility index (Phi) is 6.07. The van der Waals surface area contributed by atoms with Gasteiger partial charge in [-0.05, 0) is 12.8 Å². The summed E-state index contributed by atoms with van der Waals surface area (Å²) >= 11 is 0. The summed E-state index contributed by atoms with van der Waals surface area (Å²) in [5.74, 6) is -0.141. The van der Waals surface area contributed by atoms with Crippen LogP contribution in [0.1, 0.15) is 26.7 Å². The van der Waals surface area contributed by atoms with Gasteiger partial charge in [0, 0.05) is 10.5 Å². The van der Waals surface area contributed by atoms with Crippen molar-refractivity contribution in [3.63, 3.8) is 0 Å². The lowest BCUT2D eigenvalue weighted by Gasteiger charge is -2.06. The fourth-order valence-corrected chi connectivity index (χ4v) is 1.22. The van der Waals surface area contributed by atoms with Crippen LogP contribution in [0.3, 0.4) is 0 Å². The molecule has 1 N–H and O–H groups in total. The molecular weight excluding hydrogens is 179 g/mol. The Labute approximate surface area is 72.9 Å². The van der Waals surface area contributed by atoms with E-state index >= 15 is 0 Å². The molecule has 0 spiro atoms. The molecule has 1 unspecified atom stereocenters. The predicted molar refractivity (Wildman–Crippen MR) is 44.9 cm³/mol. The average Bonchev–Trinajstić information content (AvgIpc) is 2.03. The van der Waals surface area contributed by atoms with E-state index in [4.69, 9.17) is 4.89 Å². The largest absolute Gasteiger partial charge is 0.695 e. The molecule has 0 amide bonds. The van der Waals surface area contributed by atoms with Crippen LogP contribution in [-0.4, -0.2) is 17.3 Å². The third-order valence-electron chi connectivity index (χ3n) is 1.76. The van der Waals surface area contributed by atoms with Crippen LogP contribution in [0, 0.1) is 5.92 Å². The van der Waals surface area contributed by atoms with Crippen LogP contribution in [0.15, 0.2) is 0 Å². The van der Waals surface area contributed by atoms with E-state index < -0.39 is 8.25 Å². The topological polar surface area (TPSA) is 63.6 Å². The first-order valence-electron chi connectivity index (χ1n) is 3.93. The maximum atomic E-state index is 11.1. The van der Waals surface area contributed by atoms with Crippen LogP contribution >= 0.6 is 8.25 Å². The summed E-state index contributed by atoms with van der Waals surface area (Å²) in [7, 11) is -2.64. The molecule has 0 aromatic rings. The smallest absolute Gasteiger partial charge is 0.297 e. The molecule has 0 rings (SSSR count). The van der Waals surface area contributed by atoms with Gasteiger partial charge in [0.2, 0.25) is 0 Å². The minimum Gasteiger partial charge on any atom is -0.297 e. The van der Waals surface area contributed by atoms with E-state index in [1.807, 2.05) is 13.8 Å². The summed E-state index contributed by atoms with van der Waals surface area (Å²) < 4.78 is 14.4. The van der Waals surface area contributed by atoms with Crippen molar-refractivity contribution in [1.29, 1.82) is 0 Å². The highest BCUT2D eigenvalue weighted by molar-refractivity contribution is 7.32. The number of carbonyl (C=O) groups excluding carboxylic acids is 1. The van der Waals surface area contributed by atoms with Crippen LogP contribution in [0.2, 0.25) is 0 Å². The van der Waals surface area contributed by atoms with E-state index in [0.717, 1.165) is 12.8 Å². The number of carbonyl (C=O) groups is 1. The van der Waals surface area contributed by atoms with Crippen molar-refractivity contribution in [1.82, 2.24) is 0 Å². The summed E-state index contributed by atoms with van der Waals surface area (Å²) in [5.41, 5.74) is 0. The zero-order valence-corrected chi connectivity index (χ0v) is 8.21. The van der Waals surface area contributed by atoms with Gasteiger partial charge in [-0.3, -0.25) is 4.79 Å². The second-order valence-corrected chi connectivity index (χ2v) is 3.22. The molecule has 0 saturated heterocycles. The monoisotopic (exact) mass is 193 g/mol. The standard InChI is InChI=1S/C7H13O4P/c1-3-6(4-2)7(8)5-11-12(9)10/h6H,3-5H2,1-2H3/p+1. The van der Waals surface area contributed by atoms with Crippen LogP contribution in [0.5, 0.6) is 0 Å². The third kappa shape index (κ3) is 4.54. The first-order chi connectivity index (χ1) is 5.61.